The highest BCUT2D eigenvalue weighted by molar-refractivity contribution is 5.94. The van der Waals surface area contributed by atoms with Crippen LogP contribution in [0.5, 0.6) is 5.75 Å². The van der Waals surface area contributed by atoms with Gasteiger partial charge in [-0.25, -0.2) is 0 Å². The summed E-state index contributed by atoms with van der Waals surface area (Å²) in [5, 5.41) is 3.21. The molecule has 0 unspecified atom stereocenters. The number of aryl methyl sites for hydroxylation is 1. The molecule has 3 heteroatoms. The minimum atomic E-state index is 0.0346. The minimum absolute atomic E-state index is 0.0346. The lowest BCUT2D eigenvalue weighted by molar-refractivity contribution is 0.0905. The number of ether oxygens (including phenoxy) is 1. The molecule has 3 nitrogen and oxygen atoms in total. The highest BCUT2D eigenvalue weighted by Crippen LogP contribution is 2.49. The van der Waals surface area contributed by atoms with Crippen molar-refractivity contribution in [3.8, 4) is 5.75 Å². The fourth-order valence-corrected chi connectivity index (χ4v) is 4.54. The van der Waals surface area contributed by atoms with Crippen LogP contribution in [0, 0.1) is 12.8 Å². The van der Waals surface area contributed by atoms with Crippen molar-refractivity contribution in [2.75, 3.05) is 6.61 Å². The molecule has 2 aliphatic rings. The van der Waals surface area contributed by atoms with Crippen molar-refractivity contribution in [1.29, 1.82) is 0 Å². The predicted octanol–water partition coefficient (Wildman–Crippen LogP) is 4.63. The molecule has 1 spiro atoms. The number of benzene rings is 2. The van der Waals surface area contributed by atoms with Crippen LogP contribution in [0.25, 0.3) is 0 Å². The number of fused-ring (bicyclic) bond motifs is 2. The molecule has 1 fully saturated rings. The molecule has 0 saturated heterocycles. The molecule has 1 saturated carbocycles. The van der Waals surface area contributed by atoms with E-state index in [0.29, 0.717) is 5.92 Å². The summed E-state index contributed by atoms with van der Waals surface area (Å²) in [6.45, 7) is 4.99. The minimum Gasteiger partial charge on any atom is -0.492 e. The Bertz CT molecular complexity index is 788. The summed E-state index contributed by atoms with van der Waals surface area (Å²) in [5.41, 5.74) is 3.49. The van der Waals surface area contributed by atoms with Gasteiger partial charge in [-0.15, -0.1) is 0 Å². The molecule has 1 atom stereocenters. The van der Waals surface area contributed by atoms with Crippen molar-refractivity contribution in [3.05, 3.63) is 65.2 Å². The second-order valence-corrected chi connectivity index (χ2v) is 8.03. The van der Waals surface area contributed by atoms with Crippen molar-refractivity contribution in [2.45, 2.75) is 51.0 Å². The molecular formula is C23H27NO2. The molecule has 26 heavy (non-hydrogen) atoms. The monoisotopic (exact) mass is 349 g/mol. The lowest BCUT2D eigenvalue weighted by atomic mass is 9.66. The Hall–Kier alpha value is -2.29. The molecule has 1 heterocycles. The van der Waals surface area contributed by atoms with E-state index in [2.05, 4.69) is 30.4 Å². The topological polar surface area (TPSA) is 38.3 Å². The van der Waals surface area contributed by atoms with Crippen molar-refractivity contribution >= 4 is 5.91 Å². The average molecular weight is 349 g/mol. The van der Waals surface area contributed by atoms with Gasteiger partial charge >= 0.3 is 0 Å². The van der Waals surface area contributed by atoms with Gasteiger partial charge in [-0.3, -0.25) is 4.79 Å². The summed E-state index contributed by atoms with van der Waals surface area (Å²) in [7, 11) is 0. The van der Waals surface area contributed by atoms with Crippen LogP contribution in [0.1, 0.15) is 54.1 Å². The van der Waals surface area contributed by atoms with E-state index in [1.54, 1.807) is 0 Å². The molecule has 0 radical (unpaired) electrons. The van der Waals surface area contributed by atoms with Crippen molar-refractivity contribution in [2.24, 2.45) is 5.92 Å². The van der Waals surface area contributed by atoms with Gasteiger partial charge in [-0.05, 0) is 63.6 Å². The zero-order chi connectivity index (χ0) is 18.1. The number of amides is 1. The maximum Gasteiger partial charge on any atom is 0.251 e. The van der Waals surface area contributed by atoms with E-state index in [-0.39, 0.29) is 17.4 Å². The van der Waals surface area contributed by atoms with Gasteiger partial charge < -0.3 is 10.1 Å². The first-order chi connectivity index (χ1) is 12.6. The third kappa shape index (κ3) is 3.11. The van der Waals surface area contributed by atoms with E-state index in [9.17, 15) is 4.79 Å². The fraction of sp³-hybridized carbons (Fsp3) is 0.435. The van der Waals surface area contributed by atoms with Crippen LogP contribution in [-0.2, 0) is 5.41 Å². The van der Waals surface area contributed by atoms with Crippen LogP contribution in [-0.4, -0.2) is 18.6 Å². The van der Waals surface area contributed by atoms with E-state index >= 15 is 0 Å². The van der Waals surface area contributed by atoms with Crippen LogP contribution >= 0.6 is 0 Å². The summed E-state index contributed by atoms with van der Waals surface area (Å²) < 4.78 is 5.95. The van der Waals surface area contributed by atoms with Gasteiger partial charge in [0.25, 0.3) is 5.91 Å². The van der Waals surface area contributed by atoms with E-state index in [0.717, 1.165) is 43.6 Å². The van der Waals surface area contributed by atoms with Crippen molar-refractivity contribution < 1.29 is 9.53 Å². The summed E-state index contributed by atoms with van der Waals surface area (Å²) in [5.74, 6) is 1.63. The number of carbonyl (C=O) groups is 1. The largest absolute Gasteiger partial charge is 0.492 e. The third-order valence-corrected chi connectivity index (χ3v) is 6.33. The van der Waals surface area contributed by atoms with E-state index in [1.165, 1.54) is 11.1 Å². The predicted molar refractivity (Wildman–Crippen MR) is 104 cm³/mol. The molecule has 2 aromatic carbocycles. The van der Waals surface area contributed by atoms with E-state index < -0.39 is 0 Å². The van der Waals surface area contributed by atoms with Crippen molar-refractivity contribution in [1.82, 2.24) is 5.32 Å². The van der Waals surface area contributed by atoms with Crippen molar-refractivity contribution in [3.63, 3.8) is 0 Å². The summed E-state index contributed by atoms with van der Waals surface area (Å²) in [6.07, 6.45) is 4.54. The summed E-state index contributed by atoms with van der Waals surface area (Å²) in [4.78, 5) is 12.5. The van der Waals surface area contributed by atoms with Gasteiger partial charge in [0.2, 0.25) is 0 Å². The number of nitrogens with one attached hydrogen (secondary N) is 1. The number of hydrogen-bond acceptors (Lipinski definition) is 2. The Morgan fingerprint density at radius 3 is 2.54 bits per heavy atom. The van der Waals surface area contributed by atoms with Gasteiger partial charge in [0.15, 0.2) is 0 Å². The second kappa shape index (κ2) is 6.79. The smallest absolute Gasteiger partial charge is 0.251 e. The summed E-state index contributed by atoms with van der Waals surface area (Å²) in [6, 6.07) is 16.5. The molecule has 1 aliphatic heterocycles. The van der Waals surface area contributed by atoms with Crippen LogP contribution in [0.3, 0.4) is 0 Å². The zero-order valence-corrected chi connectivity index (χ0v) is 15.6. The quantitative estimate of drug-likeness (QED) is 0.877. The maximum absolute atomic E-state index is 12.5. The maximum atomic E-state index is 12.5. The molecule has 1 N–H and O–H groups in total. The van der Waals surface area contributed by atoms with Crippen LogP contribution < -0.4 is 10.1 Å². The van der Waals surface area contributed by atoms with Gasteiger partial charge in [-0.1, -0.05) is 35.9 Å². The lowest BCUT2D eigenvalue weighted by Gasteiger charge is -2.38. The molecule has 1 amide bonds. The van der Waals surface area contributed by atoms with Gasteiger partial charge in [0.1, 0.15) is 5.75 Å². The van der Waals surface area contributed by atoms with Crippen LogP contribution in [0.4, 0.5) is 0 Å². The number of carbonyl (C=O) groups excluding carboxylic acids is 1. The van der Waals surface area contributed by atoms with Crippen LogP contribution in [0.2, 0.25) is 0 Å². The van der Waals surface area contributed by atoms with E-state index in [4.69, 9.17) is 4.74 Å². The fourth-order valence-electron chi connectivity index (χ4n) is 4.54. The Labute approximate surface area is 155 Å². The Morgan fingerprint density at radius 1 is 1.12 bits per heavy atom. The Balaban J connectivity index is 1.37. The standard InChI is InChI=1S/C23H27NO2/c1-16-7-9-19(10-8-16)22(25)24-17(2)18-11-13-23(14-12-18)15-26-21-6-4-3-5-20(21)23/h3-10,17-18H,11-15H2,1-2H3,(H,24,25)/t17-,18?,23?/m0/s1. The summed E-state index contributed by atoms with van der Waals surface area (Å²) >= 11 is 0. The number of hydrogen-bond donors (Lipinski definition) is 1. The van der Waals surface area contributed by atoms with E-state index in [1.807, 2.05) is 37.3 Å². The van der Waals surface area contributed by atoms with Gasteiger partial charge in [-0.2, -0.15) is 0 Å². The Kier molecular flexibility index (Phi) is 4.47. The molecule has 1 aliphatic carbocycles. The first-order valence-electron chi connectivity index (χ1n) is 9.67. The average Bonchev–Trinajstić information content (AvgIpc) is 3.01. The number of para-hydroxylation sites is 1. The SMILES string of the molecule is Cc1ccc(C(=O)N[C@@H](C)C2CCC3(CC2)COc2ccccc23)cc1. The zero-order valence-electron chi connectivity index (χ0n) is 15.6. The molecule has 2 aromatic rings. The van der Waals surface area contributed by atoms with Gasteiger partial charge in [0.05, 0.1) is 6.61 Å². The first-order valence-corrected chi connectivity index (χ1v) is 9.67. The molecular weight excluding hydrogens is 322 g/mol. The molecule has 4 rings (SSSR count). The van der Waals surface area contributed by atoms with Gasteiger partial charge in [0, 0.05) is 22.6 Å². The molecule has 136 valence electrons. The molecule has 0 bridgehead atoms. The second-order valence-electron chi connectivity index (χ2n) is 8.03. The molecule has 0 aromatic heterocycles. The highest BCUT2D eigenvalue weighted by Gasteiger charge is 2.44. The highest BCUT2D eigenvalue weighted by atomic mass is 16.5. The third-order valence-electron chi connectivity index (χ3n) is 6.33. The first kappa shape index (κ1) is 17.1. The Morgan fingerprint density at radius 2 is 1.81 bits per heavy atom. The lowest BCUT2D eigenvalue weighted by Crippen LogP contribution is -2.42. The van der Waals surface area contributed by atoms with Crippen LogP contribution in [0.15, 0.2) is 48.5 Å². The normalized spacial score (nSPS) is 25.4. The number of rotatable bonds is 3.